The van der Waals surface area contributed by atoms with Gasteiger partial charge in [-0.25, -0.2) is 4.57 Å². The molecule has 9 nitrogen and oxygen atoms in total. The Balaban J connectivity index is 1.66. The smallest absolute Gasteiger partial charge is 0.390 e. The molecule has 6 N–H and O–H groups in total. The largest absolute Gasteiger partial charge is 0.469 e. The molecule has 0 aliphatic heterocycles. The second-order valence-electron chi connectivity index (χ2n) is 13.5. The number of rotatable bonds is 7. The van der Waals surface area contributed by atoms with Gasteiger partial charge in [0.05, 0.1) is 29.5 Å². The van der Waals surface area contributed by atoms with Crippen molar-refractivity contribution >= 4 is 13.6 Å². The zero-order valence-electron chi connectivity index (χ0n) is 22.6. The van der Waals surface area contributed by atoms with E-state index in [1.165, 1.54) is 0 Å². The van der Waals surface area contributed by atoms with Crippen molar-refractivity contribution < 1.29 is 44.1 Å². The summed E-state index contributed by atoms with van der Waals surface area (Å²) >= 11 is 0. The molecule has 0 spiro atoms. The van der Waals surface area contributed by atoms with Crippen LogP contribution in [0.5, 0.6) is 0 Å². The molecule has 0 saturated heterocycles. The standard InChI is InChI=1S/C27H45O9P/c1-15(23(36-37(33,34)35)8-9-24(2,3)31)16-7-11-27(32)18-12-20(28)19-13-21(29)22(30)14-25(19,4)17(18)6-10-26(16,27)5/h12,15-17,19,21-23,29-32H,6-11,13-14H2,1-5H3,(H2,33,34,35)/t15-,16+,17?,19-,21-,22-,23+,25+,26+,27+/m0/s1. The number of phosphoric acid groups is 1. The van der Waals surface area contributed by atoms with Crippen molar-refractivity contribution in [3.8, 4) is 0 Å². The molecule has 10 heteroatoms. The third-order valence-corrected chi connectivity index (χ3v) is 11.3. The molecule has 0 bridgehead atoms. The highest BCUT2D eigenvalue weighted by Gasteiger charge is 2.67. The Hall–Kier alpha value is -0.640. The van der Waals surface area contributed by atoms with Crippen molar-refractivity contribution in [1.82, 2.24) is 0 Å². The first-order valence-electron chi connectivity index (χ1n) is 13.6. The topological polar surface area (TPSA) is 165 Å². The number of fused-ring (bicyclic) bond motifs is 5. The van der Waals surface area contributed by atoms with E-state index in [0.717, 1.165) is 0 Å². The molecular formula is C27H45O9P. The molecule has 0 aromatic carbocycles. The summed E-state index contributed by atoms with van der Waals surface area (Å²) in [5, 5.41) is 43.3. The number of aliphatic hydroxyl groups excluding tert-OH is 2. The van der Waals surface area contributed by atoms with Crippen LogP contribution in [0.25, 0.3) is 0 Å². The molecule has 0 aromatic heterocycles. The van der Waals surface area contributed by atoms with E-state index >= 15 is 0 Å². The maximum absolute atomic E-state index is 13.3. The Labute approximate surface area is 219 Å². The van der Waals surface area contributed by atoms with Crippen LogP contribution in [0.1, 0.15) is 86.0 Å². The number of carbonyl (C=O) groups is 1. The highest BCUT2D eigenvalue weighted by atomic mass is 31.2. The normalized spacial score (nSPS) is 43.9. The van der Waals surface area contributed by atoms with E-state index in [-0.39, 0.29) is 36.4 Å². The number of phosphoric ester groups is 1. The highest BCUT2D eigenvalue weighted by Crippen LogP contribution is 2.68. The van der Waals surface area contributed by atoms with Crippen LogP contribution >= 0.6 is 7.82 Å². The van der Waals surface area contributed by atoms with Crippen molar-refractivity contribution in [1.29, 1.82) is 0 Å². The van der Waals surface area contributed by atoms with Gasteiger partial charge in [0.15, 0.2) is 5.78 Å². The minimum Gasteiger partial charge on any atom is -0.390 e. The number of aliphatic hydroxyl groups is 4. The Kier molecular flexibility index (Phi) is 7.52. The summed E-state index contributed by atoms with van der Waals surface area (Å²) in [4.78, 5) is 32.5. The minimum atomic E-state index is -4.79. The maximum atomic E-state index is 13.3. The van der Waals surface area contributed by atoms with Gasteiger partial charge < -0.3 is 30.2 Å². The lowest BCUT2D eigenvalue weighted by Crippen LogP contribution is -2.61. The molecule has 0 aromatic rings. The molecule has 3 saturated carbocycles. The molecule has 3 fully saturated rings. The molecule has 212 valence electrons. The van der Waals surface area contributed by atoms with Crippen LogP contribution in [0, 0.1) is 34.5 Å². The molecule has 0 radical (unpaired) electrons. The van der Waals surface area contributed by atoms with Crippen LogP contribution in [0.4, 0.5) is 0 Å². The van der Waals surface area contributed by atoms with Gasteiger partial charge in [-0.05, 0) is 100 Å². The van der Waals surface area contributed by atoms with E-state index in [1.54, 1.807) is 19.9 Å². The first-order valence-corrected chi connectivity index (χ1v) is 15.2. The maximum Gasteiger partial charge on any atom is 0.469 e. The molecule has 10 atom stereocenters. The second-order valence-corrected chi connectivity index (χ2v) is 14.7. The summed E-state index contributed by atoms with van der Waals surface area (Å²) in [5.74, 6) is -1.05. The SMILES string of the molecule is C[C@@H]([C@H]1CC[C@@]2(O)C3=CC(=O)[C@@H]4C[C@H](O)[C@@H](O)C[C@]4(C)C3CC[C@]12C)[C@@H](CCC(C)(C)O)OP(=O)(O)O. The average Bonchev–Trinajstić information content (AvgIpc) is 3.03. The predicted molar refractivity (Wildman–Crippen MR) is 136 cm³/mol. The van der Waals surface area contributed by atoms with Crippen LogP contribution in [-0.4, -0.2) is 65.5 Å². The number of hydrogen-bond acceptors (Lipinski definition) is 7. The van der Waals surface area contributed by atoms with E-state index in [0.29, 0.717) is 44.1 Å². The molecule has 0 amide bonds. The molecule has 4 aliphatic carbocycles. The van der Waals surface area contributed by atoms with Crippen molar-refractivity contribution in [2.45, 2.75) is 115 Å². The van der Waals surface area contributed by atoms with Crippen LogP contribution in [0.2, 0.25) is 0 Å². The Morgan fingerprint density at radius 2 is 1.78 bits per heavy atom. The van der Waals surface area contributed by atoms with Crippen LogP contribution in [0.3, 0.4) is 0 Å². The lowest BCUT2D eigenvalue weighted by atomic mass is 9.46. The van der Waals surface area contributed by atoms with E-state index in [9.17, 15) is 39.6 Å². The third-order valence-electron chi connectivity index (χ3n) is 10.7. The summed E-state index contributed by atoms with van der Waals surface area (Å²) in [7, 11) is -4.79. The quantitative estimate of drug-likeness (QED) is 0.264. The van der Waals surface area contributed by atoms with Crippen molar-refractivity contribution in [3.63, 3.8) is 0 Å². The molecule has 4 aliphatic rings. The van der Waals surface area contributed by atoms with Gasteiger partial charge in [-0.1, -0.05) is 20.8 Å². The lowest BCUT2D eigenvalue weighted by Gasteiger charge is -2.60. The van der Waals surface area contributed by atoms with Crippen LogP contribution < -0.4 is 0 Å². The first kappa shape index (κ1) is 29.3. The van der Waals surface area contributed by atoms with Gasteiger partial charge in [0.1, 0.15) is 0 Å². The monoisotopic (exact) mass is 544 g/mol. The van der Waals surface area contributed by atoms with Gasteiger partial charge in [-0.3, -0.25) is 9.32 Å². The van der Waals surface area contributed by atoms with Gasteiger partial charge in [0, 0.05) is 11.3 Å². The average molecular weight is 545 g/mol. The van der Waals surface area contributed by atoms with E-state index in [1.807, 2.05) is 20.8 Å². The summed E-state index contributed by atoms with van der Waals surface area (Å²) in [6, 6.07) is 0. The first-order chi connectivity index (χ1) is 16.8. The Bertz CT molecular complexity index is 985. The summed E-state index contributed by atoms with van der Waals surface area (Å²) in [6.07, 6.45) is 2.42. The number of allylic oxidation sites excluding steroid dienone is 1. The zero-order chi connectivity index (χ0) is 27.8. The minimum absolute atomic E-state index is 0.0955. The fraction of sp³-hybridized carbons (Fsp3) is 0.889. The third kappa shape index (κ3) is 5.04. The van der Waals surface area contributed by atoms with Crippen LogP contribution in [0.15, 0.2) is 11.6 Å². The van der Waals surface area contributed by atoms with Gasteiger partial charge in [-0.2, -0.15) is 0 Å². The van der Waals surface area contributed by atoms with Gasteiger partial charge in [0.25, 0.3) is 0 Å². The Morgan fingerprint density at radius 3 is 2.38 bits per heavy atom. The molecule has 37 heavy (non-hydrogen) atoms. The number of carbonyl (C=O) groups excluding carboxylic acids is 1. The van der Waals surface area contributed by atoms with Gasteiger partial charge in [-0.15, -0.1) is 0 Å². The second kappa shape index (κ2) is 9.48. The van der Waals surface area contributed by atoms with E-state index < -0.39 is 54.1 Å². The fourth-order valence-corrected chi connectivity index (χ4v) is 9.25. The van der Waals surface area contributed by atoms with Crippen molar-refractivity contribution in [2.75, 3.05) is 0 Å². The number of ketones is 1. The lowest BCUT2D eigenvalue weighted by molar-refractivity contribution is -0.154. The number of hydrogen-bond donors (Lipinski definition) is 6. The Morgan fingerprint density at radius 1 is 1.14 bits per heavy atom. The predicted octanol–water partition coefficient (Wildman–Crippen LogP) is 2.86. The summed E-state index contributed by atoms with van der Waals surface area (Å²) < 4.78 is 17.1. The van der Waals surface area contributed by atoms with Gasteiger partial charge in [0.2, 0.25) is 0 Å². The van der Waals surface area contributed by atoms with Crippen LogP contribution in [-0.2, 0) is 13.9 Å². The molecule has 0 heterocycles. The molecule has 1 unspecified atom stereocenters. The zero-order valence-corrected chi connectivity index (χ0v) is 23.5. The molecule has 4 rings (SSSR count). The summed E-state index contributed by atoms with van der Waals surface area (Å²) in [5.41, 5.74) is -2.77. The van der Waals surface area contributed by atoms with Crippen molar-refractivity contribution in [2.24, 2.45) is 34.5 Å². The fourth-order valence-electron chi connectivity index (χ4n) is 8.60. The van der Waals surface area contributed by atoms with Crippen molar-refractivity contribution in [3.05, 3.63) is 11.6 Å². The van der Waals surface area contributed by atoms with Gasteiger partial charge >= 0.3 is 7.82 Å². The van der Waals surface area contributed by atoms with E-state index in [2.05, 4.69) is 0 Å². The van der Waals surface area contributed by atoms with E-state index in [4.69, 9.17) is 4.52 Å². The highest BCUT2D eigenvalue weighted by molar-refractivity contribution is 7.46. The summed E-state index contributed by atoms with van der Waals surface area (Å²) in [6.45, 7) is 9.20. The molecular weight excluding hydrogens is 499 g/mol.